The van der Waals surface area contributed by atoms with E-state index in [1.165, 1.54) is 16.7 Å². The van der Waals surface area contributed by atoms with E-state index in [0.717, 1.165) is 31.9 Å². The van der Waals surface area contributed by atoms with Gasteiger partial charge in [-0.05, 0) is 62.9 Å². The van der Waals surface area contributed by atoms with Gasteiger partial charge in [0, 0.05) is 0 Å². The molecule has 18 heavy (non-hydrogen) atoms. The molecular weight excluding hydrogens is 222 g/mol. The molecule has 0 heterocycles. The molecule has 0 aliphatic rings. The Hall–Kier alpha value is -1.02. The van der Waals surface area contributed by atoms with Gasteiger partial charge in [-0.25, -0.2) is 0 Å². The van der Waals surface area contributed by atoms with Crippen LogP contribution in [0.15, 0.2) is 12.1 Å². The molecule has 0 bridgehead atoms. The lowest BCUT2D eigenvalue weighted by molar-refractivity contribution is 0.303. The molecular formula is C16H27NO. The van der Waals surface area contributed by atoms with Crippen molar-refractivity contribution in [3.05, 3.63) is 28.8 Å². The third-order valence-corrected chi connectivity index (χ3v) is 3.17. The van der Waals surface area contributed by atoms with Crippen LogP contribution in [0, 0.1) is 26.7 Å². The molecule has 0 radical (unpaired) electrons. The van der Waals surface area contributed by atoms with E-state index >= 15 is 0 Å². The molecule has 2 nitrogen and oxygen atoms in total. The van der Waals surface area contributed by atoms with Crippen molar-refractivity contribution in [1.82, 2.24) is 5.32 Å². The molecule has 2 heteroatoms. The lowest BCUT2D eigenvalue weighted by atomic mass is 10.1. The number of hydrogen-bond donors (Lipinski definition) is 1. The number of benzene rings is 1. The number of ether oxygens (including phenoxy) is 1. The monoisotopic (exact) mass is 249 g/mol. The molecule has 1 aromatic carbocycles. The molecule has 1 rings (SSSR count). The third-order valence-electron chi connectivity index (χ3n) is 3.17. The summed E-state index contributed by atoms with van der Waals surface area (Å²) < 4.78 is 5.92. The van der Waals surface area contributed by atoms with E-state index in [0.29, 0.717) is 5.92 Å². The van der Waals surface area contributed by atoms with E-state index in [9.17, 15) is 0 Å². The van der Waals surface area contributed by atoms with Gasteiger partial charge >= 0.3 is 0 Å². The lowest BCUT2D eigenvalue weighted by Crippen LogP contribution is -2.22. The molecule has 0 atom stereocenters. The van der Waals surface area contributed by atoms with Gasteiger partial charge in [0.2, 0.25) is 0 Å². The van der Waals surface area contributed by atoms with Gasteiger partial charge < -0.3 is 10.1 Å². The molecule has 0 spiro atoms. The maximum Gasteiger partial charge on any atom is 0.125 e. The summed E-state index contributed by atoms with van der Waals surface area (Å²) in [6, 6.07) is 4.29. The molecule has 0 saturated carbocycles. The lowest BCUT2D eigenvalue weighted by Gasteiger charge is -2.14. The summed E-state index contributed by atoms with van der Waals surface area (Å²) in [5, 5.41) is 3.43. The summed E-state index contributed by atoms with van der Waals surface area (Å²) in [7, 11) is 0. The van der Waals surface area contributed by atoms with Gasteiger partial charge in [0.05, 0.1) is 6.61 Å². The van der Waals surface area contributed by atoms with Crippen molar-refractivity contribution in [3.63, 3.8) is 0 Å². The van der Waals surface area contributed by atoms with Crippen LogP contribution in [0.25, 0.3) is 0 Å². The first-order valence-corrected chi connectivity index (χ1v) is 6.92. The molecule has 0 fully saturated rings. The smallest absolute Gasteiger partial charge is 0.125 e. The van der Waals surface area contributed by atoms with Gasteiger partial charge in [0.15, 0.2) is 0 Å². The quantitative estimate of drug-likeness (QED) is 0.745. The second kappa shape index (κ2) is 7.42. The Labute approximate surface area is 112 Å². The summed E-state index contributed by atoms with van der Waals surface area (Å²) in [6.45, 7) is 13.7. The standard InChI is InChI=1S/C16H27NO/c1-12(2)11-17-9-6-10-18-16-14(4)8-7-13(3)15(16)5/h7-8,12,17H,6,9-11H2,1-5H3. The van der Waals surface area contributed by atoms with Crippen LogP contribution in [0.4, 0.5) is 0 Å². The van der Waals surface area contributed by atoms with E-state index < -0.39 is 0 Å². The summed E-state index contributed by atoms with van der Waals surface area (Å²) in [5.41, 5.74) is 3.80. The first kappa shape index (κ1) is 15.0. The van der Waals surface area contributed by atoms with Crippen molar-refractivity contribution in [2.75, 3.05) is 19.7 Å². The van der Waals surface area contributed by atoms with Gasteiger partial charge in [-0.3, -0.25) is 0 Å². The fourth-order valence-electron chi connectivity index (χ4n) is 1.91. The number of hydrogen-bond acceptors (Lipinski definition) is 2. The summed E-state index contributed by atoms with van der Waals surface area (Å²) in [5.74, 6) is 1.78. The summed E-state index contributed by atoms with van der Waals surface area (Å²) in [4.78, 5) is 0. The highest BCUT2D eigenvalue weighted by atomic mass is 16.5. The zero-order valence-corrected chi connectivity index (χ0v) is 12.5. The van der Waals surface area contributed by atoms with E-state index in [2.05, 4.69) is 52.1 Å². The largest absolute Gasteiger partial charge is 0.493 e. The van der Waals surface area contributed by atoms with Gasteiger partial charge in [-0.1, -0.05) is 26.0 Å². The maximum absolute atomic E-state index is 5.92. The van der Waals surface area contributed by atoms with E-state index in [4.69, 9.17) is 4.74 Å². The van der Waals surface area contributed by atoms with Crippen molar-refractivity contribution in [3.8, 4) is 5.75 Å². The minimum absolute atomic E-state index is 0.715. The van der Waals surface area contributed by atoms with Crippen LogP contribution >= 0.6 is 0 Å². The van der Waals surface area contributed by atoms with E-state index in [1.807, 2.05) is 0 Å². The van der Waals surface area contributed by atoms with E-state index in [-0.39, 0.29) is 0 Å². The molecule has 0 unspecified atom stereocenters. The maximum atomic E-state index is 5.92. The Morgan fingerprint density at radius 3 is 2.44 bits per heavy atom. The first-order chi connectivity index (χ1) is 8.52. The first-order valence-electron chi connectivity index (χ1n) is 6.92. The third kappa shape index (κ3) is 4.69. The minimum atomic E-state index is 0.715. The van der Waals surface area contributed by atoms with Crippen LogP contribution in [-0.4, -0.2) is 19.7 Å². The fraction of sp³-hybridized carbons (Fsp3) is 0.625. The Bertz CT molecular complexity index is 372. The van der Waals surface area contributed by atoms with Crippen LogP contribution in [0.3, 0.4) is 0 Å². The fourth-order valence-corrected chi connectivity index (χ4v) is 1.91. The van der Waals surface area contributed by atoms with Crippen LogP contribution in [-0.2, 0) is 0 Å². The highest BCUT2D eigenvalue weighted by Gasteiger charge is 2.05. The van der Waals surface area contributed by atoms with Crippen molar-refractivity contribution in [2.24, 2.45) is 5.92 Å². The Morgan fingerprint density at radius 2 is 1.78 bits per heavy atom. The zero-order chi connectivity index (χ0) is 13.5. The Morgan fingerprint density at radius 1 is 1.11 bits per heavy atom. The second-order valence-corrected chi connectivity index (χ2v) is 5.45. The van der Waals surface area contributed by atoms with Crippen LogP contribution in [0.2, 0.25) is 0 Å². The molecule has 1 aromatic rings. The van der Waals surface area contributed by atoms with Gasteiger partial charge in [0.1, 0.15) is 5.75 Å². The van der Waals surface area contributed by atoms with Gasteiger partial charge in [-0.2, -0.15) is 0 Å². The molecule has 1 N–H and O–H groups in total. The highest BCUT2D eigenvalue weighted by molar-refractivity contribution is 5.44. The summed E-state index contributed by atoms with van der Waals surface area (Å²) >= 11 is 0. The second-order valence-electron chi connectivity index (χ2n) is 5.45. The number of nitrogens with one attached hydrogen (secondary N) is 1. The summed E-state index contributed by atoms with van der Waals surface area (Å²) in [6.07, 6.45) is 1.06. The number of aryl methyl sites for hydroxylation is 2. The van der Waals surface area contributed by atoms with Gasteiger partial charge in [0.25, 0.3) is 0 Å². The Balaban J connectivity index is 2.33. The van der Waals surface area contributed by atoms with E-state index in [1.54, 1.807) is 0 Å². The normalized spacial score (nSPS) is 11.0. The average Bonchev–Trinajstić information content (AvgIpc) is 2.32. The molecule has 0 aromatic heterocycles. The minimum Gasteiger partial charge on any atom is -0.493 e. The van der Waals surface area contributed by atoms with Crippen LogP contribution < -0.4 is 10.1 Å². The Kier molecular flexibility index (Phi) is 6.20. The molecule has 0 aliphatic carbocycles. The molecule has 0 aliphatic heterocycles. The van der Waals surface area contributed by atoms with Crippen molar-refractivity contribution < 1.29 is 4.74 Å². The van der Waals surface area contributed by atoms with Gasteiger partial charge in [-0.15, -0.1) is 0 Å². The SMILES string of the molecule is Cc1ccc(C)c(OCCCNCC(C)C)c1C. The average molecular weight is 249 g/mol. The molecule has 0 amide bonds. The zero-order valence-electron chi connectivity index (χ0n) is 12.5. The predicted molar refractivity (Wildman–Crippen MR) is 78.5 cm³/mol. The molecule has 0 saturated heterocycles. The molecule has 102 valence electrons. The van der Waals surface area contributed by atoms with Crippen LogP contribution in [0.5, 0.6) is 5.75 Å². The topological polar surface area (TPSA) is 21.3 Å². The van der Waals surface area contributed by atoms with Crippen LogP contribution in [0.1, 0.15) is 37.0 Å². The van der Waals surface area contributed by atoms with Crippen molar-refractivity contribution >= 4 is 0 Å². The highest BCUT2D eigenvalue weighted by Crippen LogP contribution is 2.25. The van der Waals surface area contributed by atoms with Crippen molar-refractivity contribution in [1.29, 1.82) is 0 Å². The predicted octanol–water partition coefficient (Wildman–Crippen LogP) is 3.63. The van der Waals surface area contributed by atoms with Crippen molar-refractivity contribution in [2.45, 2.75) is 41.0 Å². The number of rotatable bonds is 7.